The van der Waals surface area contributed by atoms with E-state index >= 15 is 0 Å². The second-order valence-electron chi connectivity index (χ2n) is 8.29. The van der Waals surface area contributed by atoms with Crippen molar-refractivity contribution >= 4 is 29.6 Å². The standard InChI is InChI=1S/C28H29N5O3S/c1-33(2)22-11-5-19(6-12-22)17-29-32-25(34)18-37-28-30-26(20-7-13-23(35-3)14-8-20)27(31-28)21-9-15-24(36-4)16-10-21/h5-17H,18H2,1-4H3,(H,30,31)(H,32,34). The van der Waals surface area contributed by atoms with Crippen molar-refractivity contribution in [2.75, 3.05) is 39.0 Å². The summed E-state index contributed by atoms with van der Waals surface area (Å²) in [5.74, 6) is 1.48. The normalized spacial score (nSPS) is 10.9. The first-order valence-electron chi connectivity index (χ1n) is 11.6. The molecular formula is C28H29N5O3S. The largest absolute Gasteiger partial charge is 0.497 e. The van der Waals surface area contributed by atoms with Gasteiger partial charge in [-0.2, -0.15) is 5.10 Å². The molecule has 0 radical (unpaired) electrons. The summed E-state index contributed by atoms with van der Waals surface area (Å²) >= 11 is 1.31. The number of hydrogen-bond acceptors (Lipinski definition) is 7. The van der Waals surface area contributed by atoms with E-state index in [-0.39, 0.29) is 11.7 Å². The lowest BCUT2D eigenvalue weighted by molar-refractivity contribution is -0.118. The Morgan fingerprint density at radius 2 is 1.54 bits per heavy atom. The van der Waals surface area contributed by atoms with Gasteiger partial charge in [0.25, 0.3) is 5.91 Å². The minimum absolute atomic E-state index is 0.161. The van der Waals surface area contributed by atoms with Gasteiger partial charge in [0.15, 0.2) is 5.16 Å². The van der Waals surface area contributed by atoms with Crippen LogP contribution in [0.25, 0.3) is 22.5 Å². The van der Waals surface area contributed by atoms with Crippen molar-refractivity contribution in [1.29, 1.82) is 0 Å². The van der Waals surface area contributed by atoms with Crippen LogP contribution < -0.4 is 19.8 Å². The van der Waals surface area contributed by atoms with Crippen molar-refractivity contribution in [3.63, 3.8) is 0 Å². The van der Waals surface area contributed by atoms with E-state index in [9.17, 15) is 4.79 Å². The van der Waals surface area contributed by atoms with Crippen molar-refractivity contribution in [3.8, 4) is 34.0 Å². The van der Waals surface area contributed by atoms with Crippen LogP contribution in [-0.4, -0.2) is 56.2 Å². The van der Waals surface area contributed by atoms with Crippen LogP contribution in [0.5, 0.6) is 11.5 Å². The van der Waals surface area contributed by atoms with E-state index in [2.05, 4.69) is 15.5 Å². The number of amides is 1. The number of carbonyl (C=O) groups is 1. The Morgan fingerprint density at radius 3 is 2.11 bits per heavy atom. The van der Waals surface area contributed by atoms with Crippen LogP contribution in [-0.2, 0) is 4.79 Å². The Balaban J connectivity index is 1.45. The maximum Gasteiger partial charge on any atom is 0.250 e. The van der Waals surface area contributed by atoms with Crippen LogP contribution in [0.15, 0.2) is 83.1 Å². The number of carbonyl (C=O) groups excluding carboxylic acids is 1. The van der Waals surface area contributed by atoms with Gasteiger partial charge >= 0.3 is 0 Å². The Bertz CT molecular complexity index is 1280. The molecule has 4 rings (SSSR count). The molecule has 4 aromatic rings. The molecule has 0 saturated heterocycles. The van der Waals surface area contributed by atoms with Crippen LogP contribution >= 0.6 is 11.8 Å². The molecule has 1 heterocycles. The van der Waals surface area contributed by atoms with Crippen LogP contribution in [0, 0.1) is 0 Å². The van der Waals surface area contributed by atoms with Gasteiger partial charge in [-0.15, -0.1) is 0 Å². The van der Waals surface area contributed by atoms with E-state index < -0.39 is 0 Å². The van der Waals surface area contributed by atoms with E-state index in [0.717, 1.165) is 45.3 Å². The van der Waals surface area contributed by atoms with Gasteiger partial charge in [-0.25, -0.2) is 10.4 Å². The summed E-state index contributed by atoms with van der Waals surface area (Å²) in [6, 6.07) is 23.4. The quantitative estimate of drug-likeness (QED) is 0.174. The van der Waals surface area contributed by atoms with Gasteiger partial charge in [-0.05, 0) is 66.2 Å². The number of benzene rings is 3. The molecule has 3 aromatic carbocycles. The molecule has 1 aromatic heterocycles. The Hall–Kier alpha value is -4.24. The molecule has 0 fully saturated rings. The number of hydrazone groups is 1. The van der Waals surface area contributed by atoms with Gasteiger partial charge in [-0.1, -0.05) is 23.9 Å². The summed E-state index contributed by atoms with van der Waals surface area (Å²) in [7, 11) is 7.25. The molecule has 0 saturated carbocycles. The minimum atomic E-state index is -0.223. The van der Waals surface area contributed by atoms with Crippen molar-refractivity contribution in [2.45, 2.75) is 5.16 Å². The number of anilines is 1. The van der Waals surface area contributed by atoms with Crippen molar-refractivity contribution in [3.05, 3.63) is 78.4 Å². The summed E-state index contributed by atoms with van der Waals surface area (Å²) in [5, 5.41) is 4.71. The molecule has 37 heavy (non-hydrogen) atoms. The molecule has 0 bridgehead atoms. The van der Waals surface area contributed by atoms with E-state index in [1.165, 1.54) is 11.8 Å². The number of ether oxygens (including phenoxy) is 2. The molecule has 8 nitrogen and oxygen atoms in total. The number of H-pyrrole nitrogens is 1. The highest BCUT2D eigenvalue weighted by atomic mass is 32.2. The van der Waals surface area contributed by atoms with Gasteiger partial charge in [0, 0.05) is 30.9 Å². The predicted octanol–water partition coefficient (Wildman–Crippen LogP) is 5.07. The average Bonchev–Trinajstić information content (AvgIpc) is 3.36. The first-order chi connectivity index (χ1) is 18.0. The van der Waals surface area contributed by atoms with Crippen molar-refractivity contribution in [2.24, 2.45) is 5.10 Å². The third-order valence-electron chi connectivity index (χ3n) is 5.58. The van der Waals surface area contributed by atoms with Gasteiger partial charge in [0.1, 0.15) is 11.5 Å². The van der Waals surface area contributed by atoms with E-state index in [1.54, 1.807) is 20.4 Å². The number of hydrogen-bond donors (Lipinski definition) is 2. The van der Waals surface area contributed by atoms with E-state index in [4.69, 9.17) is 14.5 Å². The first-order valence-corrected chi connectivity index (χ1v) is 12.6. The molecule has 9 heteroatoms. The number of methoxy groups -OCH3 is 2. The second kappa shape index (κ2) is 12.1. The number of aromatic amines is 1. The number of nitrogens with one attached hydrogen (secondary N) is 2. The van der Waals surface area contributed by atoms with Crippen molar-refractivity contribution < 1.29 is 14.3 Å². The molecule has 190 valence electrons. The molecule has 0 atom stereocenters. The number of nitrogens with zero attached hydrogens (tertiary/aromatic N) is 3. The lowest BCUT2D eigenvalue weighted by atomic mass is 10.0. The Kier molecular flexibility index (Phi) is 8.48. The number of rotatable bonds is 10. The highest BCUT2D eigenvalue weighted by molar-refractivity contribution is 7.99. The number of aromatic nitrogens is 2. The van der Waals surface area contributed by atoms with E-state index in [0.29, 0.717) is 5.16 Å². The van der Waals surface area contributed by atoms with Crippen molar-refractivity contribution in [1.82, 2.24) is 15.4 Å². The molecule has 1 amide bonds. The minimum Gasteiger partial charge on any atom is -0.497 e. The highest BCUT2D eigenvalue weighted by Gasteiger charge is 2.16. The third kappa shape index (κ3) is 6.71. The lowest BCUT2D eigenvalue weighted by Gasteiger charge is -2.11. The summed E-state index contributed by atoms with van der Waals surface area (Å²) in [5.41, 5.74) is 8.11. The second-order valence-corrected chi connectivity index (χ2v) is 9.25. The maximum atomic E-state index is 12.4. The lowest BCUT2D eigenvalue weighted by Crippen LogP contribution is -2.19. The smallest absolute Gasteiger partial charge is 0.250 e. The maximum absolute atomic E-state index is 12.4. The molecule has 0 unspecified atom stereocenters. The fraction of sp³-hybridized carbons (Fsp3) is 0.179. The third-order valence-corrected chi connectivity index (χ3v) is 6.45. The van der Waals surface area contributed by atoms with Crippen LogP contribution in [0.3, 0.4) is 0 Å². The fourth-order valence-corrected chi connectivity index (χ4v) is 4.21. The summed E-state index contributed by atoms with van der Waals surface area (Å²) in [4.78, 5) is 22.6. The summed E-state index contributed by atoms with van der Waals surface area (Å²) in [6.07, 6.45) is 1.62. The molecule has 0 aliphatic rings. The fourth-order valence-electron chi connectivity index (χ4n) is 3.55. The highest BCUT2D eigenvalue weighted by Crippen LogP contribution is 2.34. The molecule has 0 aliphatic carbocycles. The number of imidazole rings is 1. The number of thioether (sulfide) groups is 1. The predicted molar refractivity (Wildman–Crippen MR) is 150 cm³/mol. The van der Waals surface area contributed by atoms with E-state index in [1.807, 2.05) is 91.8 Å². The first kappa shape index (κ1) is 25.8. The topological polar surface area (TPSA) is 91.8 Å². The summed E-state index contributed by atoms with van der Waals surface area (Å²) < 4.78 is 10.6. The summed E-state index contributed by atoms with van der Waals surface area (Å²) in [6.45, 7) is 0. The van der Waals surface area contributed by atoms with Crippen LogP contribution in [0.1, 0.15) is 5.56 Å². The Labute approximate surface area is 220 Å². The molecule has 0 aliphatic heterocycles. The zero-order valence-corrected chi connectivity index (χ0v) is 22.0. The van der Waals surface area contributed by atoms with Gasteiger partial charge < -0.3 is 19.4 Å². The SMILES string of the molecule is COc1ccc(-c2nc(SCC(=O)NN=Cc3ccc(N(C)C)cc3)[nH]c2-c2ccc(OC)cc2)cc1. The monoisotopic (exact) mass is 515 g/mol. The van der Waals surface area contributed by atoms with Gasteiger partial charge in [-0.3, -0.25) is 4.79 Å². The zero-order chi connectivity index (χ0) is 26.2. The molecule has 2 N–H and O–H groups in total. The van der Waals surface area contributed by atoms with Gasteiger partial charge in [0.2, 0.25) is 0 Å². The van der Waals surface area contributed by atoms with Crippen LogP contribution in [0.4, 0.5) is 5.69 Å². The molecule has 0 spiro atoms. The Morgan fingerprint density at radius 1 is 0.946 bits per heavy atom. The van der Waals surface area contributed by atoms with Gasteiger partial charge in [0.05, 0.1) is 37.6 Å². The zero-order valence-electron chi connectivity index (χ0n) is 21.2. The average molecular weight is 516 g/mol. The molecular weight excluding hydrogens is 486 g/mol. The van der Waals surface area contributed by atoms with Crippen LogP contribution in [0.2, 0.25) is 0 Å².